The van der Waals surface area contributed by atoms with Crippen LogP contribution < -0.4 is 4.90 Å². The molecule has 1 amide bonds. The fourth-order valence-corrected chi connectivity index (χ4v) is 2.27. The van der Waals surface area contributed by atoms with E-state index in [1.165, 1.54) is 0 Å². The van der Waals surface area contributed by atoms with Crippen LogP contribution in [0.25, 0.3) is 10.4 Å². The van der Waals surface area contributed by atoms with Crippen LogP contribution in [-0.4, -0.2) is 24.0 Å². The van der Waals surface area contributed by atoms with Crippen molar-refractivity contribution in [2.75, 3.05) is 18.0 Å². The van der Waals surface area contributed by atoms with Gasteiger partial charge in [0.15, 0.2) is 0 Å². The number of nitrogens with zero attached hydrogens (tertiary/aromatic N) is 5. The Balaban J connectivity index is 2.16. The van der Waals surface area contributed by atoms with Crippen molar-refractivity contribution in [3.63, 3.8) is 0 Å². The smallest absolute Gasteiger partial charge is 0.228 e. The number of halogens is 2. The minimum atomic E-state index is -0.0158. The lowest BCUT2D eigenvalue weighted by molar-refractivity contribution is -0.117. The first-order valence-corrected chi connectivity index (χ1v) is 6.69. The van der Waals surface area contributed by atoms with Gasteiger partial charge in [-0.3, -0.25) is 9.69 Å². The van der Waals surface area contributed by atoms with Crippen molar-refractivity contribution >= 4 is 45.9 Å². The average molecular weight is 378 g/mol. The van der Waals surface area contributed by atoms with Gasteiger partial charge in [0, 0.05) is 36.7 Å². The molecule has 6 nitrogen and oxygen atoms in total. The molecule has 1 unspecified atom stereocenters. The highest BCUT2D eigenvalue weighted by Gasteiger charge is 2.31. The highest BCUT2D eigenvalue weighted by atomic mass is 127. The van der Waals surface area contributed by atoms with E-state index in [-0.39, 0.29) is 11.8 Å². The molecule has 8 heteroatoms. The molecule has 1 saturated heterocycles. The molecule has 0 aliphatic carbocycles. The Hall–Kier alpha value is -1.05. The van der Waals surface area contributed by atoms with Gasteiger partial charge in [-0.25, -0.2) is 4.98 Å². The van der Waals surface area contributed by atoms with Crippen LogP contribution in [0.4, 0.5) is 5.82 Å². The summed E-state index contributed by atoms with van der Waals surface area (Å²) in [6, 6.07) is 1.68. The molecule has 1 aliphatic rings. The molecule has 2 heterocycles. The standard InChI is InChI=1S/C10H9ClIN5O/c11-7-2-9(14-4-8(7)12)17-5-6(1-10(17)18)3-15-16-13/h2,4,6H,1,3,5H2. The Labute approximate surface area is 122 Å². The number of aromatic nitrogens is 1. The van der Waals surface area contributed by atoms with Crippen LogP contribution in [0.1, 0.15) is 6.42 Å². The summed E-state index contributed by atoms with van der Waals surface area (Å²) in [4.78, 5) is 20.3. The molecule has 1 aromatic heterocycles. The van der Waals surface area contributed by atoms with Crippen molar-refractivity contribution in [3.8, 4) is 0 Å². The van der Waals surface area contributed by atoms with E-state index in [1.54, 1.807) is 17.2 Å². The summed E-state index contributed by atoms with van der Waals surface area (Å²) < 4.78 is 0.843. The minimum Gasteiger partial charge on any atom is -0.296 e. The van der Waals surface area contributed by atoms with Crippen LogP contribution in [0, 0.1) is 9.49 Å². The van der Waals surface area contributed by atoms with E-state index >= 15 is 0 Å². The summed E-state index contributed by atoms with van der Waals surface area (Å²) in [6.07, 6.45) is 2.01. The van der Waals surface area contributed by atoms with Crippen LogP contribution in [0.5, 0.6) is 0 Å². The molecular formula is C10H9ClIN5O. The molecule has 94 valence electrons. The van der Waals surface area contributed by atoms with E-state index in [2.05, 4.69) is 37.6 Å². The van der Waals surface area contributed by atoms with Crippen LogP contribution in [0.15, 0.2) is 17.4 Å². The first-order chi connectivity index (χ1) is 8.61. The molecule has 1 aromatic rings. The van der Waals surface area contributed by atoms with Crippen LogP contribution >= 0.6 is 34.2 Å². The van der Waals surface area contributed by atoms with E-state index in [1.807, 2.05) is 0 Å². The van der Waals surface area contributed by atoms with Crippen LogP contribution in [-0.2, 0) is 4.79 Å². The molecule has 2 rings (SSSR count). The van der Waals surface area contributed by atoms with Gasteiger partial charge < -0.3 is 0 Å². The second-order valence-corrected chi connectivity index (χ2v) is 5.51. The number of carbonyl (C=O) groups is 1. The van der Waals surface area contributed by atoms with Gasteiger partial charge in [0.1, 0.15) is 5.82 Å². The van der Waals surface area contributed by atoms with Crippen LogP contribution in [0.3, 0.4) is 0 Å². The largest absolute Gasteiger partial charge is 0.296 e. The van der Waals surface area contributed by atoms with E-state index < -0.39 is 0 Å². The molecule has 0 aromatic carbocycles. The number of hydrogen-bond acceptors (Lipinski definition) is 3. The molecule has 0 bridgehead atoms. The van der Waals surface area contributed by atoms with E-state index in [4.69, 9.17) is 17.1 Å². The van der Waals surface area contributed by atoms with E-state index in [0.29, 0.717) is 30.4 Å². The molecular weight excluding hydrogens is 369 g/mol. The van der Waals surface area contributed by atoms with Gasteiger partial charge in [-0.05, 0) is 34.0 Å². The Morgan fingerprint density at radius 1 is 1.72 bits per heavy atom. The van der Waals surface area contributed by atoms with Gasteiger partial charge in [-0.1, -0.05) is 16.7 Å². The zero-order chi connectivity index (χ0) is 13.1. The Bertz CT molecular complexity index is 531. The third kappa shape index (κ3) is 2.85. The zero-order valence-electron chi connectivity index (χ0n) is 9.25. The lowest BCUT2D eigenvalue weighted by Crippen LogP contribution is -2.25. The maximum absolute atomic E-state index is 11.9. The van der Waals surface area contributed by atoms with Crippen molar-refractivity contribution < 1.29 is 4.79 Å². The van der Waals surface area contributed by atoms with Gasteiger partial charge in [-0.15, -0.1) is 0 Å². The first-order valence-electron chi connectivity index (χ1n) is 5.24. The lowest BCUT2D eigenvalue weighted by Gasteiger charge is -2.15. The molecule has 1 atom stereocenters. The molecule has 0 N–H and O–H groups in total. The molecule has 1 aliphatic heterocycles. The topological polar surface area (TPSA) is 82.0 Å². The SMILES string of the molecule is [N-]=[N+]=NCC1CC(=O)N(c2cc(Cl)c(I)cn2)C1. The fraction of sp³-hybridized carbons (Fsp3) is 0.400. The van der Waals surface area contributed by atoms with Crippen molar-refractivity contribution in [3.05, 3.63) is 31.3 Å². The summed E-state index contributed by atoms with van der Waals surface area (Å²) in [5.41, 5.74) is 8.27. The first kappa shape index (κ1) is 13.4. The van der Waals surface area contributed by atoms with E-state index in [9.17, 15) is 4.79 Å². The van der Waals surface area contributed by atoms with Gasteiger partial charge in [0.2, 0.25) is 5.91 Å². The summed E-state index contributed by atoms with van der Waals surface area (Å²) in [5, 5.41) is 4.08. The summed E-state index contributed by atoms with van der Waals surface area (Å²) in [7, 11) is 0. The number of hydrogen-bond donors (Lipinski definition) is 0. The number of amides is 1. The van der Waals surface area contributed by atoms with Crippen molar-refractivity contribution in [2.45, 2.75) is 6.42 Å². The summed E-state index contributed by atoms with van der Waals surface area (Å²) >= 11 is 8.09. The number of pyridine rings is 1. The van der Waals surface area contributed by atoms with Gasteiger partial charge >= 0.3 is 0 Å². The quantitative estimate of drug-likeness (QED) is 0.351. The maximum Gasteiger partial charge on any atom is 0.228 e. The fourth-order valence-electron chi connectivity index (χ4n) is 1.83. The van der Waals surface area contributed by atoms with E-state index in [0.717, 1.165) is 3.57 Å². The molecule has 0 saturated carbocycles. The molecule has 0 radical (unpaired) electrons. The summed E-state index contributed by atoms with van der Waals surface area (Å²) in [6.45, 7) is 0.846. The molecule has 0 spiro atoms. The third-order valence-electron chi connectivity index (χ3n) is 2.68. The number of rotatable bonds is 3. The van der Waals surface area contributed by atoms with Crippen molar-refractivity contribution in [1.82, 2.24) is 4.98 Å². The van der Waals surface area contributed by atoms with Crippen molar-refractivity contribution in [1.29, 1.82) is 0 Å². The Morgan fingerprint density at radius 3 is 3.17 bits per heavy atom. The van der Waals surface area contributed by atoms with Gasteiger partial charge in [0.05, 0.1) is 8.59 Å². The zero-order valence-corrected chi connectivity index (χ0v) is 12.2. The second-order valence-electron chi connectivity index (χ2n) is 3.94. The number of carbonyl (C=O) groups excluding carboxylic acids is 1. The normalized spacial score (nSPS) is 18.9. The highest BCUT2D eigenvalue weighted by Crippen LogP contribution is 2.27. The predicted octanol–water partition coefficient (Wildman–Crippen LogP) is 3.00. The maximum atomic E-state index is 11.9. The van der Waals surface area contributed by atoms with Gasteiger partial charge in [0.25, 0.3) is 0 Å². The monoisotopic (exact) mass is 377 g/mol. The highest BCUT2D eigenvalue weighted by molar-refractivity contribution is 14.1. The van der Waals surface area contributed by atoms with Crippen LogP contribution in [0.2, 0.25) is 5.02 Å². The van der Waals surface area contributed by atoms with Crippen molar-refractivity contribution in [2.24, 2.45) is 11.0 Å². The summed E-state index contributed by atoms with van der Waals surface area (Å²) in [5.74, 6) is 0.583. The Kier molecular flexibility index (Phi) is 4.26. The number of azide groups is 1. The minimum absolute atomic E-state index is 0.0158. The molecule has 18 heavy (non-hydrogen) atoms. The lowest BCUT2D eigenvalue weighted by atomic mass is 10.1. The number of anilines is 1. The predicted molar refractivity (Wildman–Crippen MR) is 76.4 cm³/mol. The average Bonchev–Trinajstić information content (AvgIpc) is 2.71. The Morgan fingerprint density at radius 2 is 2.50 bits per heavy atom. The van der Waals surface area contributed by atoms with Gasteiger partial charge in [-0.2, -0.15) is 0 Å². The third-order valence-corrected chi connectivity index (χ3v) is 4.17. The molecule has 1 fully saturated rings. The second kappa shape index (κ2) is 5.73.